The van der Waals surface area contributed by atoms with Crippen molar-refractivity contribution in [1.29, 1.82) is 0 Å². The summed E-state index contributed by atoms with van der Waals surface area (Å²) in [4.78, 5) is 0. The fourth-order valence-electron chi connectivity index (χ4n) is 2.11. The molecule has 0 fully saturated rings. The molecule has 1 unspecified atom stereocenters. The smallest absolute Gasteiger partial charge is 0.127 e. The minimum atomic E-state index is -0.297. The molecule has 2 aromatic rings. The molecule has 0 spiro atoms. The zero-order valence-corrected chi connectivity index (χ0v) is 11.6. The van der Waals surface area contributed by atoms with E-state index in [-0.39, 0.29) is 11.9 Å². The average Bonchev–Trinajstić information content (AvgIpc) is 2.43. The van der Waals surface area contributed by atoms with Crippen LogP contribution in [0.4, 0.5) is 4.39 Å². The van der Waals surface area contributed by atoms with Crippen molar-refractivity contribution >= 4 is 11.6 Å². The van der Waals surface area contributed by atoms with Crippen LogP contribution in [0.25, 0.3) is 0 Å². The van der Waals surface area contributed by atoms with Gasteiger partial charge in [-0.1, -0.05) is 48.9 Å². The summed E-state index contributed by atoms with van der Waals surface area (Å²) in [6.07, 6.45) is 1.36. The van der Waals surface area contributed by atoms with Gasteiger partial charge in [-0.2, -0.15) is 0 Å². The van der Waals surface area contributed by atoms with Gasteiger partial charge in [-0.3, -0.25) is 0 Å². The Balaban J connectivity index is 2.23. The average molecular weight is 278 g/mol. The molecule has 1 nitrogen and oxygen atoms in total. The summed E-state index contributed by atoms with van der Waals surface area (Å²) in [5, 5.41) is 0.432. The van der Waals surface area contributed by atoms with Crippen LogP contribution in [0.2, 0.25) is 5.02 Å². The van der Waals surface area contributed by atoms with Gasteiger partial charge in [0.2, 0.25) is 0 Å². The molecule has 0 saturated carbocycles. The molecule has 1 atom stereocenters. The van der Waals surface area contributed by atoms with Gasteiger partial charge < -0.3 is 5.73 Å². The van der Waals surface area contributed by atoms with E-state index in [4.69, 9.17) is 17.3 Å². The van der Waals surface area contributed by atoms with Crippen LogP contribution < -0.4 is 5.73 Å². The van der Waals surface area contributed by atoms with Gasteiger partial charge in [0.15, 0.2) is 0 Å². The maximum atomic E-state index is 13.7. The van der Waals surface area contributed by atoms with Gasteiger partial charge in [0, 0.05) is 16.6 Å². The van der Waals surface area contributed by atoms with Crippen molar-refractivity contribution in [2.75, 3.05) is 0 Å². The Morgan fingerprint density at radius 1 is 1.21 bits per heavy atom. The molecular formula is C16H17ClFN. The third-order valence-electron chi connectivity index (χ3n) is 3.27. The predicted molar refractivity (Wildman–Crippen MR) is 77.9 cm³/mol. The summed E-state index contributed by atoms with van der Waals surface area (Å²) in [6.45, 7) is 2.10. The van der Waals surface area contributed by atoms with E-state index in [1.807, 2.05) is 12.1 Å². The summed E-state index contributed by atoms with van der Waals surface area (Å²) < 4.78 is 13.7. The van der Waals surface area contributed by atoms with Gasteiger partial charge >= 0.3 is 0 Å². The second-order valence-corrected chi connectivity index (χ2v) is 5.02. The van der Waals surface area contributed by atoms with Crippen molar-refractivity contribution in [3.8, 4) is 0 Å². The van der Waals surface area contributed by atoms with E-state index in [2.05, 4.69) is 19.1 Å². The van der Waals surface area contributed by atoms with Crippen LogP contribution in [0.3, 0.4) is 0 Å². The molecule has 2 aromatic carbocycles. The largest absolute Gasteiger partial charge is 0.324 e. The molecular weight excluding hydrogens is 261 g/mol. The molecule has 0 radical (unpaired) electrons. The van der Waals surface area contributed by atoms with Gasteiger partial charge in [-0.15, -0.1) is 0 Å². The second-order valence-electron chi connectivity index (χ2n) is 4.61. The molecule has 2 N–H and O–H groups in total. The predicted octanol–water partition coefficient (Wildman–Crippen LogP) is 4.28. The Kier molecular flexibility index (Phi) is 4.56. The van der Waals surface area contributed by atoms with Crippen LogP contribution in [-0.2, 0) is 12.8 Å². The minimum absolute atomic E-state index is 0.249. The molecule has 100 valence electrons. The van der Waals surface area contributed by atoms with Crippen molar-refractivity contribution in [3.63, 3.8) is 0 Å². The highest BCUT2D eigenvalue weighted by atomic mass is 35.5. The van der Waals surface area contributed by atoms with Crippen LogP contribution in [0, 0.1) is 5.82 Å². The van der Waals surface area contributed by atoms with Gasteiger partial charge in [0.25, 0.3) is 0 Å². The van der Waals surface area contributed by atoms with Crippen LogP contribution in [0.15, 0.2) is 42.5 Å². The summed E-state index contributed by atoms with van der Waals surface area (Å²) in [7, 11) is 0. The molecule has 0 aromatic heterocycles. The number of rotatable bonds is 4. The number of nitrogens with two attached hydrogens (primary N) is 1. The first kappa shape index (κ1) is 14.0. The van der Waals surface area contributed by atoms with E-state index >= 15 is 0 Å². The molecule has 3 heteroatoms. The Bertz CT molecular complexity index is 548. The molecule has 0 aliphatic carbocycles. The number of hydrogen-bond acceptors (Lipinski definition) is 1. The highest BCUT2D eigenvalue weighted by Gasteiger charge is 2.13. The number of hydrogen-bond donors (Lipinski definition) is 1. The van der Waals surface area contributed by atoms with Crippen molar-refractivity contribution in [3.05, 3.63) is 70.0 Å². The van der Waals surface area contributed by atoms with Crippen molar-refractivity contribution in [2.24, 2.45) is 5.73 Å². The fraction of sp³-hybridized carbons (Fsp3) is 0.250. The van der Waals surface area contributed by atoms with E-state index in [9.17, 15) is 4.39 Å². The number of aryl methyl sites for hydroxylation is 1. The normalized spacial score (nSPS) is 12.4. The van der Waals surface area contributed by atoms with Gasteiger partial charge in [-0.05, 0) is 36.1 Å². The Morgan fingerprint density at radius 3 is 2.63 bits per heavy atom. The van der Waals surface area contributed by atoms with E-state index in [0.717, 1.165) is 12.0 Å². The lowest BCUT2D eigenvalue weighted by molar-refractivity contribution is 0.593. The third-order valence-corrected chi connectivity index (χ3v) is 3.63. The van der Waals surface area contributed by atoms with Crippen molar-refractivity contribution < 1.29 is 4.39 Å². The van der Waals surface area contributed by atoms with Gasteiger partial charge in [-0.25, -0.2) is 4.39 Å². The maximum absolute atomic E-state index is 13.7. The first-order valence-electron chi connectivity index (χ1n) is 6.39. The maximum Gasteiger partial charge on any atom is 0.127 e. The zero-order chi connectivity index (χ0) is 13.8. The van der Waals surface area contributed by atoms with Crippen molar-refractivity contribution in [2.45, 2.75) is 25.8 Å². The number of halogens is 2. The second kappa shape index (κ2) is 6.18. The van der Waals surface area contributed by atoms with Crippen LogP contribution in [0.5, 0.6) is 0 Å². The van der Waals surface area contributed by atoms with Crippen LogP contribution in [0.1, 0.15) is 29.7 Å². The van der Waals surface area contributed by atoms with Crippen LogP contribution in [-0.4, -0.2) is 0 Å². The minimum Gasteiger partial charge on any atom is -0.324 e. The highest BCUT2D eigenvalue weighted by molar-refractivity contribution is 6.31. The molecule has 0 heterocycles. The standard InChI is InChI=1S/C16H17ClFN/c1-2-11-5-3-6-12(9-11)16(19)10-13-14(17)7-4-8-15(13)18/h3-9,16H,2,10,19H2,1H3. The zero-order valence-electron chi connectivity index (χ0n) is 10.9. The first-order valence-corrected chi connectivity index (χ1v) is 6.77. The molecule has 2 rings (SSSR count). The van der Waals surface area contributed by atoms with Crippen LogP contribution >= 0.6 is 11.6 Å². The fourth-order valence-corrected chi connectivity index (χ4v) is 2.35. The Hall–Kier alpha value is -1.38. The topological polar surface area (TPSA) is 26.0 Å². The van der Waals surface area contributed by atoms with Gasteiger partial charge in [0.1, 0.15) is 5.82 Å². The Labute approximate surface area is 118 Å². The quantitative estimate of drug-likeness (QED) is 0.887. The molecule has 0 saturated heterocycles. The van der Waals surface area contributed by atoms with Gasteiger partial charge in [0.05, 0.1) is 0 Å². The lowest BCUT2D eigenvalue weighted by atomic mass is 9.97. The molecule has 19 heavy (non-hydrogen) atoms. The molecule has 0 aliphatic rings. The first-order chi connectivity index (χ1) is 9.11. The third kappa shape index (κ3) is 3.34. The molecule has 0 bridgehead atoms. The summed E-state index contributed by atoms with van der Waals surface area (Å²) in [6, 6.07) is 12.5. The lowest BCUT2D eigenvalue weighted by Crippen LogP contribution is -2.14. The molecule has 0 amide bonds. The SMILES string of the molecule is CCc1cccc(C(N)Cc2c(F)cccc2Cl)c1. The Morgan fingerprint density at radius 2 is 1.95 bits per heavy atom. The van der Waals surface area contributed by atoms with E-state index in [1.54, 1.807) is 12.1 Å². The summed E-state index contributed by atoms with van der Waals surface area (Å²) in [5.74, 6) is -0.297. The lowest BCUT2D eigenvalue weighted by Gasteiger charge is -2.14. The molecule has 0 aliphatic heterocycles. The van der Waals surface area contributed by atoms with E-state index in [0.29, 0.717) is 17.0 Å². The van der Waals surface area contributed by atoms with Crippen molar-refractivity contribution in [1.82, 2.24) is 0 Å². The monoisotopic (exact) mass is 277 g/mol. The summed E-state index contributed by atoms with van der Waals surface area (Å²) in [5.41, 5.74) is 8.89. The van der Waals surface area contributed by atoms with E-state index in [1.165, 1.54) is 11.6 Å². The highest BCUT2D eigenvalue weighted by Crippen LogP contribution is 2.25. The van der Waals surface area contributed by atoms with E-state index < -0.39 is 0 Å². The number of benzene rings is 2. The summed E-state index contributed by atoms with van der Waals surface area (Å²) >= 11 is 6.02.